The number of aliphatic hydroxyl groups is 1. The van der Waals surface area contributed by atoms with E-state index in [1.807, 2.05) is 0 Å². The van der Waals surface area contributed by atoms with Gasteiger partial charge in [0, 0.05) is 5.92 Å². The van der Waals surface area contributed by atoms with Crippen molar-refractivity contribution >= 4 is 0 Å². The highest BCUT2D eigenvalue weighted by Gasteiger charge is 2.52. The summed E-state index contributed by atoms with van der Waals surface area (Å²) in [6.07, 6.45) is 5.89. The van der Waals surface area contributed by atoms with Gasteiger partial charge in [0.1, 0.15) is 5.60 Å². The van der Waals surface area contributed by atoms with E-state index in [4.69, 9.17) is 6.42 Å². The van der Waals surface area contributed by atoms with Gasteiger partial charge in [-0.05, 0) is 12.3 Å². The quantitative estimate of drug-likeness (QED) is 0.517. The number of rotatable bonds is 1. The van der Waals surface area contributed by atoms with E-state index in [2.05, 4.69) is 19.8 Å². The van der Waals surface area contributed by atoms with Crippen molar-refractivity contribution in [2.45, 2.75) is 25.9 Å². The average molecular weight is 124 g/mol. The molecule has 0 saturated heterocycles. The molecule has 1 rings (SSSR count). The Morgan fingerprint density at radius 3 is 2.44 bits per heavy atom. The summed E-state index contributed by atoms with van der Waals surface area (Å²) in [5.41, 5.74) is -0.742. The lowest BCUT2D eigenvalue weighted by Crippen LogP contribution is -2.09. The van der Waals surface area contributed by atoms with Gasteiger partial charge in [-0.3, -0.25) is 0 Å². The molecule has 1 N–H and O–H groups in total. The van der Waals surface area contributed by atoms with Crippen molar-refractivity contribution in [1.82, 2.24) is 0 Å². The van der Waals surface area contributed by atoms with Crippen molar-refractivity contribution in [2.75, 3.05) is 0 Å². The monoisotopic (exact) mass is 124 g/mol. The first kappa shape index (κ1) is 6.64. The van der Waals surface area contributed by atoms with Crippen LogP contribution in [0.4, 0.5) is 0 Å². The molecule has 0 aliphatic heterocycles. The first-order chi connectivity index (χ1) is 4.10. The molecular weight excluding hydrogens is 112 g/mol. The van der Waals surface area contributed by atoms with Crippen molar-refractivity contribution in [2.24, 2.45) is 11.8 Å². The average Bonchev–Trinajstić information content (AvgIpc) is 2.44. The van der Waals surface area contributed by atoms with Crippen LogP contribution in [0.5, 0.6) is 0 Å². The van der Waals surface area contributed by atoms with E-state index in [0.29, 0.717) is 11.8 Å². The van der Waals surface area contributed by atoms with Crippen LogP contribution in [0.2, 0.25) is 0 Å². The summed E-state index contributed by atoms with van der Waals surface area (Å²) in [6.45, 7) is 4.17. The first-order valence-electron chi connectivity index (χ1n) is 3.30. The smallest absolute Gasteiger partial charge is 0.128 e. The molecule has 0 bridgehead atoms. The summed E-state index contributed by atoms with van der Waals surface area (Å²) in [7, 11) is 0. The molecule has 50 valence electrons. The van der Waals surface area contributed by atoms with Gasteiger partial charge >= 0.3 is 0 Å². The maximum absolute atomic E-state index is 9.33. The van der Waals surface area contributed by atoms with E-state index >= 15 is 0 Å². The minimum atomic E-state index is -0.742. The molecular formula is C8H12O. The van der Waals surface area contributed by atoms with Crippen LogP contribution in [0.1, 0.15) is 20.3 Å². The van der Waals surface area contributed by atoms with Gasteiger partial charge in [0.15, 0.2) is 0 Å². The predicted molar refractivity (Wildman–Crippen MR) is 36.7 cm³/mol. The Hall–Kier alpha value is -0.480. The Morgan fingerprint density at radius 2 is 2.33 bits per heavy atom. The van der Waals surface area contributed by atoms with E-state index in [0.717, 1.165) is 6.42 Å². The normalized spacial score (nSPS) is 40.6. The predicted octanol–water partition coefficient (Wildman–Crippen LogP) is 1.03. The summed E-state index contributed by atoms with van der Waals surface area (Å²) < 4.78 is 0. The summed E-state index contributed by atoms with van der Waals surface area (Å²) >= 11 is 0. The Labute approximate surface area is 56.1 Å². The first-order valence-corrected chi connectivity index (χ1v) is 3.30. The summed E-state index contributed by atoms with van der Waals surface area (Å²) in [5.74, 6) is 3.27. The van der Waals surface area contributed by atoms with Gasteiger partial charge in [-0.15, -0.1) is 6.42 Å². The van der Waals surface area contributed by atoms with Crippen LogP contribution in [-0.2, 0) is 0 Å². The van der Waals surface area contributed by atoms with Crippen molar-refractivity contribution in [1.29, 1.82) is 0 Å². The number of terminal acetylenes is 1. The maximum Gasteiger partial charge on any atom is 0.128 e. The molecule has 1 aliphatic rings. The molecule has 1 aliphatic carbocycles. The Kier molecular flexibility index (Phi) is 1.29. The standard InChI is InChI=1S/C8H12O/c1-4-8(9)5-7(8)6(2)3/h1,6-7,9H,5H2,2-3H3/t7-,8-/m1/s1. The van der Waals surface area contributed by atoms with Crippen molar-refractivity contribution < 1.29 is 5.11 Å². The van der Waals surface area contributed by atoms with Crippen LogP contribution >= 0.6 is 0 Å². The lowest BCUT2D eigenvalue weighted by molar-refractivity contribution is 0.180. The fourth-order valence-electron chi connectivity index (χ4n) is 1.23. The van der Waals surface area contributed by atoms with Gasteiger partial charge in [-0.25, -0.2) is 0 Å². The topological polar surface area (TPSA) is 20.2 Å². The van der Waals surface area contributed by atoms with Gasteiger partial charge in [0.2, 0.25) is 0 Å². The highest BCUT2D eigenvalue weighted by atomic mass is 16.3. The molecule has 0 radical (unpaired) electrons. The zero-order chi connectivity index (χ0) is 7.07. The molecule has 0 heterocycles. The van der Waals surface area contributed by atoms with E-state index < -0.39 is 5.60 Å². The van der Waals surface area contributed by atoms with Gasteiger partial charge in [-0.2, -0.15) is 0 Å². The molecule has 1 nitrogen and oxygen atoms in total. The van der Waals surface area contributed by atoms with Crippen LogP contribution in [0.15, 0.2) is 0 Å². The van der Waals surface area contributed by atoms with E-state index in [-0.39, 0.29) is 0 Å². The maximum atomic E-state index is 9.33. The Balaban J connectivity index is 2.51. The fraction of sp³-hybridized carbons (Fsp3) is 0.750. The van der Waals surface area contributed by atoms with Crippen LogP contribution in [0.25, 0.3) is 0 Å². The van der Waals surface area contributed by atoms with Gasteiger partial charge < -0.3 is 5.11 Å². The van der Waals surface area contributed by atoms with Crippen molar-refractivity contribution in [3.63, 3.8) is 0 Å². The summed E-state index contributed by atoms with van der Waals surface area (Å²) in [5, 5.41) is 9.33. The zero-order valence-electron chi connectivity index (χ0n) is 5.89. The van der Waals surface area contributed by atoms with Crippen LogP contribution in [0, 0.1) is 24.2 Å². The third kappa shape index (κ3) is 0.951. The highest BCUT2D eigenvalue weighted by molar-refractivity contribution is 5.22. The van der Waals surface area contributed by atoms with Crippen LogP contribution in [-0.4, -0.2) is 10.7 Å². The second-order valence-corrected chi connectivity index (χ2v) is 3.12. The number of hydrogen-bond donors (Lipinski definition) is 1. The minimum absolute atomic E-state index is 0.350. The molecule has 0 unspecified atom stereocenters. The third-order valence-electron chi connectivity index (χ3n) is 2.04. The van der Waals surface area contributed by atoms with E-state index in [9.17, 15) is 5.11 Å². The Morgan fingerprint density at radius 1 is 1.78 bits per heavy atom. The summed E-state index contributed by atoms with van der Waals surface area (Å²) in [6, 6.07) is 0. The van der Waals surface area contributed by atoms with E-state index in [1.165, 1.54) is 0 Å². The third-order valence-corrected chi connectivity index (χ3v) is 2.04. The zero-order valence-corrected chi connectivity index (χ0v) is 5.89. The number of hydrogen-bond acceptors (Lipinski definition) is 1. The molecule has 0 aromatic carbocycles. The minimum Gasteiger partial charge on any atom is -0.377 e. The lowest BCUT2D eigenvalue weighted by atomic mass is 10.1. The largest absolute Gasteiger partial charge is 0.377 e. The molecule has 0 aromatic rings. The van der Waals surface area contributed by atoms with Gasteiger partial charge in [-0.1, -0.05) is 19.8 Å². The SMILES string of the molecule is C#C[C@@]1(O)C[C@@H]1C(C)C. The molecule has 0 spiro atoms. The second-order valence-electron chi connectivity index (χ2n) is 3.12. The molecule has 2 atom stereocenters. The molecule has 1 fully saturated rings. The van der Waals surface area contributed by atoms with Crippen LogP contribution < -0.4 is 0 Å². The highest BCUT2D eigenvalue weighted by Crippen LogP contribution is 2.47. The van der Waals surface area contributed by atoms with Gasteiger partial charge in [0.25, 0.3) is 0 Å². The lowest BCUT2D eigenvalue weighted by Gasteiger charge is -2.03. The Bertz CT molecular complexity index is 154. The fourth-order valence-corrected chi connectivity index (χ4v) is 1.23. The molecule has 0 aromatic heterocycles. The van der Waals surface area contributed by atoms with Crippen LogP contribution in [0.3, 0.4) is 0 Å². The van der Waals surface area contributed by atoms with Gasteiger partial charge in [0.05, 0.1) is 0 Å². The molecule has 1 heteroatoms. The molecule has 1 saturated carbocycles. The molecule has 0 amide bonds. The molecule has 9 heavy (non-hydrogen) atoms. The van der Waals surface area contributed by atoms with E-state index in [1.54, 1.807) is 0 Å². The second kappa shape index (κ2) is 1.75. The van der Waals surface area contributed by atoms with Crippen molar-refractivity contribution in [3.05, 3.63) is 0 Å². The van der Waals surface area contributed by atoms with Crippen molar-refractivity contribution in [3.8, 4) is 12.3 Å². The summed E-state index contributed by atoms with van der Waals surface area (Å²) in [4.78, 5) is 0.